The van der Waals surface area contributed by atoms with Crippen molar-refractivity contribution in [3.63, 3.8) is 0 Å². The topological polar surface area (TPSA) is 79.8 Å². The first-order valence-electron chi connectivity index (χ1n) is 6.25. The Morgan fingerprint density at radius 3 is 2.33 bits per heavy atom. The van der Waals surface area contributed by atoms with Crippen molar-refractivity contribution in [2.45, 2.75) is 6.10 Å². The van der Waals surface area contributed by atoms with E-state index in [1.165, 1.54) is 24.3 Å². The van der Waals surface area contributed by atoms with E-state index >= 15 is 0 Å². The average molecular weight is 281 g/mol. The molecule has 2 rings (SSSR count). The van der Waals surface area contributed by atoms with Gasteiger partial charge in [-0.2, -0.15) is 10.5 Å². The maximum Gasteiger partial charge on any atom is 0.123 e. The van der Waals surface area contributed by atoms with E-state index in [1.807, 2.05) is 12.1 Å². The van der Waals surface area contributed by atoms with Crippen molar-refractivity contribution in [2.75, 3.05) is 11.9 Å². The molecular formula is C16H12FN3O. The summed E-state index contributed by atoms with van der Waals surface area (Å²) < 4.78 is 12.8. The smallest absolute Gasteiger partial charge is 0.123 e. The molecule has 0 aliphatic rings. The van der Waals surface area contributed by atoms with Gasteiger partial charge in [0, 0.05) is 12.2 Å². The molecule has 4 nitrogen and oxygen atoms in total. The highest BCUT2D eigenvalue weighted by Gasteiger charge is 2.08. The van der Waals surface area contributed by atoms with Crippen LogP contribution in [0.5, 0.6) is 0 Å². The minimum absolute atomic E-state index is 0.211. The summed E-state index contributed by atoms with van der Waals surface area (Å²) in [5.41, 5.74) is 1.81. The quantitative estimate of drug-likeness (QED) is 0.903. The Hall–Kier alpha value is -2.89. The number of nitrogens with zero attached hydrogens (tertiary/aromatic N) is 2. The molecule has 2 aromatic carbocycles. The van der Waals surface area contributed by atoms with Crippen LogP contribution < -0.4 is 5.32 Å². The van der Waals surface area contributed by atoms with E-state index in [1.54, 1.807) is 18.2 Å². The number of halogens is 1. The van der Waals surface area contributed by atoms with Crippen molar-refractivity contribution in [1.82, 2.24) is 0 Å². The van der Waals surface area contributed by atoms with Gasteiger partial charge < -0.3 is 10.4 Å². The molecule has 0 aliphatic carbocycles. The number of aliphatic hydroxyl groups excluding tert-OH is 1. The van der Waals surface area contributed by atoms with Crippen LogP contribution in [0, 0.1) is 28.5 Å². The van der Waals surface area contributed by atoms with Gasteiger partial charge in [0.05, 0.1) is 17.2 Å². The predicted octanol–water partition coefficient (Wildman–Crippen LogP) is 2.71. The van der Waals surface area contributed by atoms with Crippen molar-refractivity contribution in [3.05, 3.63) is 65.0 Å². The number of hydrogen-bond acceptors (Lipinski definition) is 4. The molecule has 0 aliphatic heterocycles. The highest BCUT2D eigenvalue weighted by atomic mass is 19.1. The molecule has 0 saturated carbocycles. The van der Waals surface area contributed by atoms with Gasteiger partial charge in [-0.05, 0) is 35.9 Å². The van der Waals surface area contributed by atoms with Crippen molar-refractivity contribution in [1.29, 1.82) is 10.5 Å². The monoisotopic (exact) mass is 281 g/mol. The van der Waals surface area contributed by atoms with E-state index in [9.17, 15) is 9.50 Å². The molecule has 2 N–H and O–H groups in total. The summed E-state index contributed by atoms with van der Waals surface area (Å²) in [7, 11) is 0. The van der Waals surface area contributed by atoms with Crippen molar-refractivity contribution >= 4 is 5.69 Å². The molecule has 0 radical (unpaired) electrons. The van der Waals surface area contributed by atoms with Gasteiger partial charge in [0.15, 0.2) is 0 Å². The van der Waals surface area contributed by atoms with Gasteiger partial charge in [0.1, 0.15) is 18.0 Å². The largest absolute Gasteiger partial charge is 0.387 e. The molecule has 0 spiro atoms. The molecular weight excluding hydrogens is 269 g/mol. The lowest BCUT2D eigenvalue weighted by Crippen LogP contribution is -2.12. The van der Waals surface area contributed by atoms with Gasteiger partial charge in [-0.1, -0.05) is 12.1 Å². The third-order valence-corrected chi connectivity index (χ3v) is 3.01. The number of nitriles is 2. The number of rotatable bonds is 4. The van der Waals surface area contributed by atoms with Gasteiger partial charge >= 0.3 is 0 Å². The molecule has 0 amide bonds. The number of benzene rings is 2. The van der Waals surface area contributed by atoms with E-state index in [2.05, 4.69) is 5.32 Å². The van der Waals surface area contributed by atoms with Gasteiger partial charge in [-0.3, -0.25) is 0 Å². The zero-order valence-corrected chi connectivity index (χ0v) is 11.0. The number of anilines is 1. The van der Waals surface area contributed by atoms with Crippen LogP contribution in [0.3, 0.4) is 0 Å². The molecule has 0 aromatic heterocycles. The highest BCUT2D eigenvalue weighted by molar-refractivity contribution is 5.56. The summed E-state index contributed by atoms with van der Waals surface area (Å²) in [6.07, 6.45) is -0.799. The molecule has 0 fully saturated rings. The average Bonchev–Trinajstić information content (AvgIpc) is 2.52. The fourth-order valence-corrected chi connectivity index (χ4v) is 1.86. The minimum atomic E-state index is -0.799. The van der Waals surface area contributed by atoms with Gasteiger partial charge in [0.2, 0.25) is 0 Å². The third kappa shape index (κ3) is 3.56. The molecule has 5 heteroatoms. The Morgan fingerprint density at radius 2 is 1.71 bits per heavy atom. The Kier molecular flexibility index (Phi) is 4.50. The van der Waals surface area contributed by atoms with Gasteiger partial charge in [-0.15, -0.1) is 0 Å². The summed E-state index contributed by atoms with van der Waals surface area (Å²) in [5.74, 6) is -0.357. The van der Waals surface area contributed by atoms with Crippen molar-refractivity contribution in [2.24, 2.45) is 0 Å². The first kappa shape index (κ1) is 14.5. The van der Waals surface area contributed by atoms with Crippen LogP contribution >= 0.6 is 0 Å². The second-order valence-corrected chi connectivity index (χ2v) is 4.43. The lowest BCUT2D eigenvalue weighted by molar-refractivity contribution is 0.191. The van der Waals surface area contributed by atoms with E-state index in [4.69, 9.17) is 10.5 Å². The van der Waals surface area contributed by atoms with Crippen LogP contribution in [0.1, 0.15) is 22.8 Å². The normalized spacial score (nSPS) is 11.2. The molecule has 104 valence electrons. The van der Waals surface area contributed by atoms with Crippen molar-refractivity contribution < 1.29 is 9.50 Å². The molecule has 21 heavy (non-hydrogen) atoms. The lowest BCUT2D eigenvalue weighted by atomic mass is 10.1. The SMILES string of the molecule is N#Cc1ccc(NCC(O)c2ccc(F)cc2)cc1C#N. The molecule has 1 atom stereocenters. The first-order valence-corrected chi connectivity index (χ1v) is 6.25. The van der Waals surface area contributed by atoms with Crippen LogP contribution in [-0.2, 0) is 0 Å². The molecule has 2 aromatic rings. The molecule has 1 unspecified atom stereocenters. The van der Waals surface area contributed by atoms with E-state index < -0.39 is 6.10 Å². The van der Waals surface area contributed by atoms with Crippen LogP contribution in [-0.4, -0.2) is 11.7 Å². The summed E-state index contributed by atoms with van der Waals surface area (Å²) in [6.45, 7) is 0.211. The molecule has 0 saturated heterocycles. The van der Waals surface area contributed by atoms with E-state index in [0.717, 1.165) is 0 Å². The first-order chi connectivity index (χ1) is 10.1. The van der Waals surface area contributed by atoms with E-state index in [0.29, 0.717) is 16.8 Å². The number of nitrogens with one attached hydrogen (secondary N) is 1. The number of aliphatic hydroxyl groups is 1. The maximum atomic E-state index is 12.8. The predicted molar refractivity (Wildman–Crippen MR) is 75.7 cm³/mol. The second kappa shape index (κ2) is 6.51. The molecule has 0 bridgehead atoms. The van der Waals surface area contributed by atoms with Gasteiger partial charge in [0.25, 0.3) is 0 Å². The maximum absolute atomic E-state index is 12.8. The highest BCUT2D eigenvalue weighted by Crippen LogP contribution is 2.17. The summed E-state index contributed by atoms with van der Waals surface area (Å²) in [5, 5.41) is 30.8. The summed E-state index contributed by atoms with van der Waals surface area (Å²) >= 11 is 0. The third-order valence-electron chi connectivity index (χ3n) is 3.01. The van der Waals surface area contributed by atoms with Crippen LogP contribution in [0.25, 0.3) is 0 Å². The standard InChI is InChI=1S/C16H12FN3O/c17-14-4-1-11(2-5-14)16(21)10-20-15-6-3-12(8-18)13(7-15)9-19/h1-7,16,20-21H,10H2. The zero-order valence-electron chi connectivity index (χ0n) is 11.0. The Morgan fingerprint density at radius 1 is 1.05 bits per heavy atom. The summed E-state index contributed by atoms with van der Waals surface area (Å²) in [4.78, 5) is 0. The minimum Gasteiger partial charge on any atom is -0.387 e. The van der Waals surface area contributed by atoms with E-state index in [-0.39, 0.29) is 17.9 Å². The van der Waals surface area contributed by atoms with Crippen molar-refractivity contribution in [3.8, 4) is 12.1 Å². The fourth-order valence-electron chi connectivity index (χ4n) is 1.86. The van der Waals surface area contributed by atoms with Crippen LogP contribution in [0.2, 0.25) is 0 Å². The second-order valence-electron chi connectivity index (χ2n) is 4.43. The van der Waals surface area contributed by atoms with Gasteiger partial charge in [-0.25, -0.2) is 4.39 Å². The Labute approximate surface area is 121 Å². The summed E-state index contributed by atoms with van der Waals surface area (Å²) in [6, 6.07) is 14.2. The molecule has 0 heterocycles. The fraction of sp³-hybridized carbons (Fsp3) is 0.125. The zero-order chi connectivity index (χ0) is 15.2. The van der Waals surface area contributed by atoms with Crippen LogP contribution in [0.4, 0.5) is 10.1 Å². The Bertz CT molecular complexity index is 714. The lowest BCUT2D eigenvalue weighted by Gasteiger charge is -2.13. The Balaban J connectivity index is 2.05. The number of hydrogen-bond donors (Lipinski definition) is 2. The van der Waals surface area contributed by atoms with Crippen LogP contribution in [0.15, 0.2) is 42.5 Å².